The van der Waals surface area contributed by atoms with Gasteiger partial charge >= 0.3 is 6.18 Å². The molecule has 1 fully saturated rings. The average molecular weight is 298 g/mol. The summed E-state index contributed by atoms with van der Waals surface area (Å²) in [6, 6.07) is 6.27. The molecule has 0 spiro atoms. The van der Waals surface area contributed by atoms with Crippen molar-refractivity contribution in [2.24, 2.45) is 5.92 Å². The Labute approximate surface area is 123 Å². The third-order valence-electron chi connectivity index (χ3n) is 5.08. The van der Waals surface area contributed by atoms with Gasteiger partial charge in [0.15, 0.2) is 0 Å². The fourth-order valence-electron chi connectivity index (χ4n) is 3.77. The van der Waals surface area contributed by atoms with Crippen LogP contribution >= 0.6 is 0 Å². The van der Waals surface area contributed by atoms with Crippen molar-refractivity contribution in [1.82, 2.24) is 0 Å². The first-order valence-corrected chi connectivity index (χ1v) is 7.76. The van der Waals surface area contributed by atoms with Gasteiger partial charge in [0, 0.05) is 6.42 Å². The maximum atomic E-state index is 12.7. The van der Waals surface area contributed by atoms with Crippen LogP contribution < -0.4 is 0 Å². The lowest BCUT2D eigenvalue weighted by Gasteiger charge is -2.37. The highest BCUT2D eigenvalue weighted by molar-refractivity contribution is 5.35. The first-order valence-electron chi connectivity index (χ1n) is 7.76. The van der Waals surface area contributed by atoms with Crippen molar-refractivity contribution in [3.05, 3.63) is 34.9 Å². The lowest BCUT2D eigenvalue weighted by Crippen LogP contribution is -2.39. The van der Waals surface area contributed by atoms with Crippen molar-refractivity contribution in [2.45, 2.75) is 63.1 Å². The van der Waals surface area contributed by atoms with E-state index in [1.807, 2.05) is 6.07 Å². The summed E-state index contributed by atoms with van der Waals surface area (Å²) >= 11 is 0. The van der Waals surface area contributed by atoms with Crippen LogP contribution in [-0.4, -0.2) is 16.9 Å². The molecule has 0 aliphatic heterocycles. The Kier molecular flexibility index (Phi) is 3.76. The Bertz CT molecular complexity index is 513. The summed E-state index contributed by atoms with van der Waals surface area (Å²) in [5, 5.41) is 10.6. The molecule has 0 aromatic heterocycles. The van der Waals surface area contributed by atoms with E-state index in [0.29, 0.717) is 6.42 Å². The molecule has 1 aromatic rings. The Morgan fingerprint density at radius 1 is 1.10 bits per heavy atom. The topological polar surface area (TPSA) is 20.2 Å². The van der Waals surface area contributed by atoms with E-state index < -0.39 is 17.7 Å². The number of hydrogen-bond acceptors (Lipinski definition) is 1. The van der Waals surface area contributed by atoms with Gasteiger partial charge in [-0.05, 0) is 61.6 Å². The Balaban J connectivity index is 1.65. The van der Waals surface area contributed by atoms with Crippen molar-refractivity contribution < 1.29 is 18.3 Å². The van der Waals surface area contributed by atoms with Crippen LogP contribution in [0.2, 0.25) is 0 Å². The van der Waals surface area contributed by atoms with Gasteiger partial charge < -0.3 is 5.11 Å². The van der Waals surface area contributed by atoms with Crippen LogP contribution in [-0.2, 0) is 19.3 Å². The molecule has 0 atom stereocenters. The molecular weight excluding hydrogens is 277 g/mol. The molecule has 0 bridgehead atoms. The number of aliphatic hydroxyl groups is 1. The molecule has 116 valence electrons. The molecule has 2 aliphatic rings. The number of benzene rings is 1. The zero-order valence-electron chi connectivity index (χ0n) is 12.0. The third kappa shape index (κ3) is 3.25. The summed E-state index contributed by atoms with van der Waals surface area (Å²) < 4.78 is 38.1. The number of aryl methyl sites for hydroxylation is 2. The number of fused-ring (bicyclic) bond motifs is 1. The van der Waals surface area contributed by atoms with Crippen LogP contribution in [0.5, 0.6) is 0 Å². The number of rotatable bonds is 2. The fourth-order valence-corrected chi connectivity index (χ4v) is 3.77. The average Bonchev–Trinajstić information content (AvgIpc) is 2.85. The van der Waals surface area contributed by atoms with E-state index in [0.717, 1.165) is 18.4 Å². The lowest BCUT2D eigenvalue weighted by atomic mass is 9.75. The van der Waals surface area contributed by atoms with Crippen molar-refractivity contribution in [3.8, 4) is 0 Å². The van der Waals surface area contributed by atoms with E-state index in [4.69, 9.17) is 0 Å². The first kappa shape index (κ1) is 14.9. The molecular formula is C17H21F3O. The minimum Gasteiger partial charge on any atom is -0.390 e. The minimum absolute atomic E-state index is 0.0466. The van der Waals surface area contributed by atoms with Crippen LogP contribution in [0.1, 0.15) is 48.8 Å². The molecule has 1 N–H and O–H groups in total. The second kappa shape index (κ2) is 5.31. The summed E-state index contributed by atoms with van der Waals surface area (Å²) in [7, 11) is 0. The van der Waals surface area contributed by atoms with Crippen molar-refractivity contribution in [2.75, 3.05) is 0 Å². The van der Waals surface area contributed by atoms with Crippen LogP contribution in [0, 0.1) is 5.92 Å². The molecule has 1 saturated carbocycles. The maximum absolute atomic E-state index is 12.7. The Morgan fingerprint density at radius 3 is 2.43 bits per heavy atom. The Morgan fingerprint density at radius 2 is 1.76 bits per heavy atom. The van der Waals surface area contributed by atoms with E-state index in [1.54, 1.807) is 0 Å². The summed E-state index contributed by atoms with van der Waals surface area (Å²) in [5.41, 5.74) is 2.82. The molecule has 0 radical (unpaired) electrons. The molecule has 0 unspecified atom stereocenters. The zero-order chi connectivity index (χ0) is 15.1. The molecule has 3 rings (SSSR count). The van der Waals surface area contributed by atoms with Crippen LogP contribution in [0.3, 0.4) is 0 Å². The lowest BCUT2D eigenvalue weighted by molar-refractivity contribution is -0.192. The fraction of sp³-hybridized carbons (Fsp3) is 0.647. The first-order chi connectivity index (χ1) is 9.86. The van der Waals surface area contributed by atoms with Gasteiger partial charge in [0.25, 0.3) is 0 Å². The third-order valence-corrected chi connectivity index (χ3v) is 5.08. The molecule has 0 heterocycles. The van der Waals surface area contributed by atoms with E-state index in [9.17, 15) is 18.3 Å². The molecule has 0 saturated heterocycles. The molecule has 0 amide bonds. The maximum Gasteiger partial charge on any atom is 0.391 e. The van der Waals surface area contributed by atoms with Gasteiger partial charge in [-0.3, -0.25) is 0 Å². The van der Waals surface area contributed by atoms with E-state index in [2.05, 4.69) is 12.1 Å². The van der Waals surface area contributed by atoms with Crippen LogP contribution in [0.4, 0.5) is 13.2 Å². The SMILES string of the molecule is OC1(Cc2ccc3c(c2)CCC3)CCC(C(F)(F)F)CC1. The normalized spacial score (nSPS) is 29.4. The van der Waals surface area contributed by atoms with Crippen LogP contribution in [0.25, 0.3) is 0 Å². The van der Waals surface area contributed by atoms with Gasteiger partial charge in [-0.1, -0.05) is 18.2 Å². The highest BCUT2D eigenvalue weighted by atomic mass is 19.4. The monoisotopic (exact) mass is 298 g/mol. The van der Waals surface area contributed by atoms with Crippen molar-refractivity contribution in [1.29, 1.82) is 0 Å². The highest BCUT2D eigenvalue weighted by Gasteiger charge is 2.45. The molecule has 1 nitrogen and oxygen atoms in total. The van der Waals surface area contributed by atoms with Gasteiger partial charge in [-0.25, -0.2) is 0 Å². The van der Waals surface area contributed by atoms with E-state index in [-0.39, 0.29) is 25.7 Å². The predicted molar refractivity (Wildman–Crippen MR) is 75.1 cm³/mol. The van der Waals surface area contributed by atoms with Gasteiger partial charge in [0.05, 0.1) is 11.5 Å². The second-order valence-electron chi connectivity index (χ2n) is 6.67. The zero-order valence-corrected chi connectivity index (χ0v) is 12.0. The van der Waals surface area contributed by atoms with Gasteiger partial charge in [0.2, 0.25) is 0 Å². The van der Waals surface area contributed by atoms with Gasteiger partial charge in [-0.2, -0.15) is 13.2 Å². The van der Waals surface area contributed by atoms with E-state index in [1.165, 1.54) is 17.5 Å². The summed E-state index contributed by atoms with van der Waals surface area (Å²) in [6.45, 7) is 0. The number of hydrogen-bond donors (Lipinski definition) is 1. The van der Waals surface area contributed by atoms with Crippen molar-refractivity contribution in [3.63, 3.8) is 0 Å². The summed E-state index contributed by atoms with van der Waals surface area (Å²) in [4.78, 5) is 0. The van der Waals surface area contributed by atoms with Gasteiger partial charge in [0.1, 0.15) is 0 Å². The highest BCUT2D eigenvalue weighted by Crippen LogP contribution is 2.42. The summed E-state index contributed by atoms with van der Waals surface area (Å²) in [6.07, 6.45) is 0.319. The molecule has 1 aromatic carbocycles. The molecule has 2 aliphatic carbocycles. The van der Waals surface area contributed by atoms with Gasteiger partial charge in [-0.15, -0.1) is 0 Å². The molecule has 4 heteroatoms. The number of alkyl halides is 3. The van der Waals surface area contributed by atoms with Crippen molar-refractivity contribution >= 4 is 0 Å². The quantitative estimate of drug-likeness (QED) is 0.867. The Hall–Kier alpha value is -1.03. The molecule has 21 heavy (non-hydrogen) atoms. The second-order valence-corrected chi connectivity index (χ2v) is 6.67. The standard InChI is InChI=1S/C17H21F3O/c18-17(19,20)15-6-8-16(21,9-7-15)11-12-4-5-13-2-1-3-14(13)10-12/h4-5,10,15,21H,1-3,6-9,11H2. The smallest absolute Gasteiger partial charge is 0.390 e. The van der Waals surface area contributed by atoms with Crippen LogP contribution in [0.15, 0.2) is 18.2 Å². The minimum atomic E-state index is -4.12. The number of halogens is 3. The summed E-state index contributed by atoms with van der Waals surface area (Å²) in [5.74, 6) is -1.24. The van der Waals surface area contributed by atoms with E-state index >= 15 is 0 Å². The predicted octanol–water partition coefficient (Wildman–Crippen LogP) is 4.20. The largest absolute Gasteiger partial charge is 0.391 e.